The number of unbranched alkanes of at least 4 members (excludes halogenated alkanes) is 3. The molecule has 0 saturated heterocycles. The molecule has 0 aromatic carbocycles. The van der Waals surface area contributed by atoms with Crippen LogP contribution in [0.5, 0.6) is 5.88 Å². The van der Waals surface area contributed by atoms with Gasteiger partial charge in [-0.25, -0.2) is 10.2 Å². The van der Waals surface area contributed by atoms with Crippen molar-refractivity contribution in [1.82, 2.24) is 15.4 Å². The van der Waals surface area contributed by atoms with Crippen LogP contribution in [0.15, 0.2) is 14.7 Å². The molecule has 1 aromatic rings. The van der Waals surface area contributed by atoms with Gasteiger partial charge < -0.3 is 5.11 Å². The van der Waals surface area contributed by atoms with E-state index in [1.165, 1.54) is 0 Å². The highest BCUT2D eigenvalue weighted by Crippen LogP contribution is 2.09. The number of H-pyrrole nitrogens is 2. The van der Waals surface area contributed by atoms with E-state index in [-0.39, 0.29) is 17.2 Å². The quantitative estimate of drug-likeness (QED) is 0.324. The van der Waals surface area contributed by atoms with Gasteiger partial charge in [-0.3, -0.25) is 19.6 Å². The minimum absolute atomic E-state index is 0.145. The number of aromatic hydroxyl groups is 1. The summed E-state index contributed by atoms with van der Waals surface area (Å²) in [5, 5.41) is 13.5. The number of carbonyl (C=O) groups is 1. The van der Waals surface area contributed by atoms with E-state index in [1.807, 2.05) is 4.98 Å². The molecule has 8 heteroatoms. The van der Waals surface area contributed by atoms with Gasteiger partial charge in [0.15, 0.2) is 0 Å². The summed E-state index contributed by atoms with van der Waals surface area (Å²) in [7, 11) is 0. The molecule has 1 rings (SSSR count). The maximum atomic E-state index is 11.7. The van der Waals surface area contributed by atoms with Gasteiger partial charge in [-0.1, -0.05) is 33.1 Å². The summed E-state index contributed by atoms with van der Waals surface area (Å²) in [6.07, 6.45) is 4.59. The number of hydrogen-bond acceptors (Lipinski definition) is 5. The first-order chi connectivity index (χ1) is 10.5. The van der Waals surface area contributed by atoms with Gasteiger partial charge in [0, 0.05) is 6.42 Å². The van der Waals surface area contributed by atoms with Crippen molar-refractivity contribution in [2.45, 2.75) is 52.4 Å². The smallest absolute Gasteiger partial charge is 0.328 e. The zero-order chi connectivity index (χ0) is 16.5. The maximum Gasteiger partial charge on any atom is 0.328 e. The van der Waals surface area contributed by atoms with Crippen molar-refractivity contribution in [3.8, 4) is 5.88 Å². The lowest BCUT2D eigenvalue weighted by atomic mass is 10.1. The number of aromatic nitrogens is 2. The van der Waals surface area contributed by atoms with Crippen LogP contribution in [-0.4, -0.2) is 26.7 Å². The molecule has 0 fully saturated rings. The predicted molar refractivity (Wildman–Crippen MR) is 83.1 cm³/mol. The molecule has 8 nitrogen and oxygen atoms in total. The van der Waals surface area contributed by atoms with Crippen LogP contribution in [0.4, 0.5) is 0 Å². The average molecular weight is 310 g/mol. The lowest BCUT2D eigenvalue weighted by Crippen LogP contribution is -2.29. The molecular weight excluding hydrogens is 288 g/mol. The Hall–Kier alpha value is -2.38. The number of nitrogens with zero attached hydrogens (tertiary/aromatic N) is 1. The highest BCUT2D eigenvalue weighted by Gasteiger charge is 2.14. The molecule has 0 radical (unpaired) electrons. The van der Waals surface area contributed by atoms with Gasteiger partial charge in [0.25, 0.3) is 5.56 Å². The number of hydrogen-bond donors (Lipinski definition) is 4. The summed E-state index contributed by atoms with van der Waals surface area (Å²) >= 11 is 0. The van der Waals surface area contributed by atoms with Crippen LogP contribution in [0.3, 0.4) is 0 Å². The first-order valence-electron chi connectivity index (χ1n) is 7.40. The third-order valence-corrected chi connectivity index (χ3v) is 3.12. The minimum Gasteiger partial charge on any atom is -0.494 e. The summed E-state index contributed by atoms with van der Waals surface area (Å²) in [5.74, 6) is -0.811. The Bertz CT molecular complexity index is 645. The van der Waals surface area contributed by atoms with Crippen molar-refractivity contribution in [2.75, 3.05) is 0 Å². The van der Waals surface area contributed by atoms with Crippen molar-refractivity contribution >= 4 is 11.6 Å². The van der Waals surface area contributed by atoms with Gasteiger partial charge in [0.05, 0.1) is 5.71 Å². The Labute approximate surface area is 127 Å². The zero-order valence-corrected chi connectivity index (χ0v) is 12.9. The molecule has 0 aliphatic carbocycles. The number of carbonyl (C=O) groups excluding carboxylic acids is 1. The summed E-state index contributed by atoms with van der Waals surface area (Å²) < 4.78 is 0. The van der Waals surface area contributed by atoms with Crippen LogP contribution in [0.1, 0.15) is 57.9 Å². The molecule has 0 atom stereocenters. The molecule has 1 amide bonds. The Morgan fingerprint density at radius 1 is 1.18 bits per heavy atom. The van der Waals surface area contributed by atoms with E-state index in [0.717, 1.165) is 25.7 Å². The average Bonchev–Trinajstić information content (AvgIpc) is 2.46. The van der Waals surface area contributed by atoms with E-state index >= 15 is 0 Å². The van der Waals surface area contributed by atoms with Crippen LogP contribution >= 0.6 is 0 Å². The van der Waals surface area contributed by atoms with E-state index in [2.05, 4.69) is 22.4 Å². The van der Waals surface area contributed by atoms with Crippen LogP contribution in [0.2, 0.25) is 0 Å². The molecule has 1 aromatic heterocycles. The van der Waals surface area contributed by atoms with Gasteiger partial charge in [0.1, 0.15) is 5.56 Å². The van der Waals surface area contributed by atoms with Gasteiger partial charge >= 0.3 is 5.69 Å². The fourth-order valence-electron chi connectivity index (χ4n) is 1.95. The number of aromatic amines is 2. The van der Waals surface area contributed by atoms with E-state index in [9.17, 15) is 19.5 Å². The second kappa shape index (κ2) is 8.81. The molecular formula is C14H22N4O4. The summed E-state index contributed by atoms with van der Waals surface area (Å²) in [6, 6.07) is 0. The Morgan fingerprint density at radius 2 is 1.91 bits per heavy atom. The Kier molecular flexibility index (Phi) is 7.07. The lowest BCUT2D eigenvalue weighted by molar-refractivity contribution is -0.121. The molecule has 1 heterocycles. The van der Waals surface area contributed by atoms with Gasteiger partial charge in [-0.05, 0) is 12.8 Å². The highest BCUT2D eigenvalue weighted by molar-refractivity contribution is 6.02. The van der Waals surface area contributed by atoms with E-state index in [0.29, 0.717) is 12.8 Å². The molecule has 0 aliphatic heterocycles. The van der Waals surface area contributed by atoms with Gasteiger partial charge in [0.2, 0.25) is 11.8 Å². The SMILES string of the molecule is CCCCCCC(=O)NN=C(CC)c1c(O)[nH]c(=O)[nH]c1=O. The number of rotatable bonds is 8. The molecule has 0 bridgehead atoms. The lowest BCUT2D eigenvalue weighted by Gasteiger charge is -2.06. The van der Waals surface area contributed by atoms with Crippen molar-refractivity contribution in [1.29, 1.82) is 0 Å². The fraction of sp³-hybridized carbons (Fsp3) is 0.571. The van der Waals surface area contributed by atoms with E-state index < -0.39 is 17.1 Å². The number of nitrogens with one attached hydrogen (secondary N) is 3. The Balaban J connectivity index is 2.78. The number of amides is 1. The minimum atomic E-state index is -0.804. The molecule has 0 aliphatic rings. The normalized spacial score (nSPS) is 11.5. The molecule has 4 N–H and O–H groups in total. The maximum absolute atomic E-state index is 11.7. The van der Waals surface area contributed by atoms with Crippen molar-refractivity contribution < 1.29 is 9.90 Å². The zero-order valence-electron chi connectivity index (χ0n) is 12.9. The number of hydrazone groups is 1. The van der Waals surface area contributed by atoms with Crippen molar-refractivity contribution in [2.24, 2.45) is 5.10 Å². The van der Waals surface area contributed by atoms with Gasteiger partial charge in [-0.15, -0.1) is 0 Å². The topological polar surface area (TPSA) is 127 Å². The summed E-state index contributed by atoms with van der Waals surface area (Å²) in [5.41, 5.74) is 0.863. The molecule has 22 heavy (non-hydrogen) atoms. The second-order valence-electron chi connectivity index (χ2n) is 4.89. The first kappa shape index (κ1) is 17.7. The van der Waals surface area contributed by atoms with E-state index in [4.69, 9.17) is 0 Å². The third-order valence-electron chi connectivity index (χ3n) is 3.12. The van der Waals surface area contributed by atoms with E-state index in [1.54, 1.807) is 6.92 Å². The first-order valence-corrected chi connectivity index (χ1v) is 7.40. The largest absolute Gasteiger partial charge is 0.494 e. The third kappa shape index (κ3) is 5.19. The van der Waals surface area contributed by atoms with Crippen LogP contribution < -0.4 is 16.7 Å². The van der Waals surface area contributed by atoms with Gasteiger partial charge in [-0.2, -0.15) is 5.10 Å². The summed E-state index contributed by atoms with van der Waals surface area (Å²) in [4.78, 5) is 38.5. The molecule has 122 valence electrons. The monoisotopic (exact) mass is 310 g/mol. The molecule has 0 saturated carbocycles. The Morgan fingerprint density at radius 3 is 2.50 bits per heavy atom. The molecule has 0 spiro atoms. The van der Waals surface area contributed by atoms with Crippen LogP contribution in [-0.2, 0) is 4.79 Å². The van der Waals surface area contributed by atoms with Crippen LogP contribution in [0, 0.1) is 0 Å². The fourth-order valence-corrected chi connectivity index (χ4v) is 1.95. The van der Waals surface area contributed by atoms with Crippen molar-refractivity contribution in [3.05, 3.63) is 26.4 Å². The van der Waals surface area contributed by atoms with Crippen LogP contribution in [0.25, 0.3) is 0 Å². The highest BCUT2D eigenvalue weighted by atomic mass is 16.3. The second-order valence-corrected chi connectivity index (χ2v) is 4.89. The molecule has 0 unspecified atom stereocenters. The predicted octanol–water partition coefficient (Wildman–Crippen LogP) is 0.969. The van der Waals surface area contributed by atoms with Crippen molar-refractivity contribution in [3.63, 3.8) is 0 Å². The summed E-state index contributed by atoms with van der Waals surface area (Å²) in [6.45, 7) is 3.81. The standard InChI is InChI=1S/C14H22N4O4/c1-3-5-6-7-8-10(19)18-17-9(4-2)11-12(20)15-14(22)16-13(11)21/h3-8H2,1-2H3,(H,18,19)(H3,15,16,20,21,22).